The number of hydrogen-bond acceptors (Lipinski definition) is 7. The first-order chi connectivity index (χ1) is 12.2. The highest BCUT2D eigenvalue weighted by Gasteiger charge is 2.22. The molecule has 0 saturated heterocycles. The maximum atomic E-state index is 11.4. The average Bonchev–Trinajstić information content (AvgIpc) is 3.27. The first kappa shape index (κ1) is 22.0. The number of hydrogen-bond donors (Lipinski definition) is 4. The Morgan fingerprint density at radius 1 is 1.15 bits per heavy atom. The molecule has 146 valence electrons. The van der Waals surface area contributed by atoms with Crippen LogP contribution in [0, 0.1) is 11.8 Å². The smallest absolute Gasteiger partial charge is 0.152 e. The van der Waals surface area contributed by atoms with Gasteiger partial charge < -0.3 is 21.8 Å². The van der Waals surface area contributed by atoms with Crippen molar-refractivity contribution >= 4 is 17.9 Å². The van der Waals surface area contributed by atoms with Crippen molar-refractivity contribution in [3.63, 3.8) is 0 Å². The molecule has 0 spiro atoms. The van der Waals surface area contributed by atoms with Crippen LogP contribution in [0.3, 0.4) is 0 Å². The van der Waals surface area contributed by atoms with E-state index < -0.39 is 6.04 Å². The summed E-state index contributed by atoms with van der Waals surface area (Å²) in [5, 5.41) is 3.06. The van der Waals surface area contributed by atoms with Crippen LogP contribution >= 0.6 is 0 Å². The summed E-state index contributed by atoms with van der Waals surface area (Å²) in [5.41, 5.74) is 12.4. The minimum atomic E-state index is -0.416. The van der Waals surface area contributed by atoms with Gasteiger partial charge in [-0.25, -0.2) is 4.98 Å². The van der Waals surface area contributed by atoms with Gasteiger partial charge in [-0.3, -0.25) is 14.6 Å². The maximum absolute atomic E-state index is 11.4. The molecule has 1 aromatic rings. The van der Waals surface area contributed by atoms with E-state index in [9.17, 15) is 9.59 Å². The van der Waals surface area contributed by atoms with Crippen molar-refractivity contribution in [2.24, 2.45) is 28.3 Å². The number of ketones is 2. The van der Waals surface area contributed by atoms with Crippen LogP contribution in [0.5, 0.6) is 0 Å². The van der Waals surface area contributed by atoms with Crippen molar-refractivity contribution in [1.82, 2.24) is 15.3 Å². The van der Waals surface area contributed by atoms with E-state index in [2.05, 4.69) is 20.3 Å². The van der Waals surface area contributed by atoms with E-state index in [0.29, 0.717) is 12.8 Å². The molecular weight excluding hydrogens is 332 g/mol. The van der Waals surface area contributed by atoms with Crippen LogP contribution in [0.25, 0.3) is 0 Å². The van der Waals surface area contributed by atoms with E-state index in [0.717, 1.165) is 12.2 Å². The Bertz CT molecular complexity index is 575. The molecule has 8 nitrogen and oxygen atoms in total. The van der Waals surface area contributed by atoms with Crippen LogP contribution in [0.15, 0.2) is 17.5 Å². The van der Waals surface area contributed by atoms with Gasteiger partial charge in [-0.1, -0.05) is 27.7 Å². The van der Waals surface area contributed by atoms with Crippen LogP contribution in [-0.2, 0) is 16.0 Å². The second-order valence-electron chi connectivity index (χ2n) is 7.20. The van der Waals surface area contributed by atoms with Gasteiger partial charge in [-0.2, -0.15) is 0 Å². The number of Topliss-reactive ketones (excluding diaryl/α,β-unsaturated/α-hetero) is 2. The molecule has 0 aliphatic carbocycles. The predicted molar refractivity (Wildman–Crippen MR) is 103 cm³/mol. The van der Waals surface area contributed by atoms with Gasteiger partial charge in [-0.05, 0) is 6.42 Å². The number of aromatic amines is 1. The van der Waals surface area contributed by atoms with Crippen molar-refractivity contribution in [2.45, 2.75) is 58.7 Å². The molecule has 26 heavy (non-hydrogen) atoms. The summed E-state index contributed by atoms with van der Waals surface area (Å²) in [4.78, 5) is 33.6. The Balaban J connectivity index is 0.000000260. The molecule has 0 aromatic carbocycles. The second kappa shape index (κ2) is 10.8. The summed E-state index contributed by atoms with van der Waals surface area (Å²) < 4.78 is 0. The fourth-order valence-corrected chi connectivity index (χ4v) is 2.55. The molecular formula is C18H32N6O2. The van der Waals surface area contributed by atoms with E-state index in [1.165, 1.54) is 0 Å². The number of carbonyl (C=O) groups excluding carboxylic acids is 2. The highest BCUT2D eigenvalue weighted by molar-refractivity contribution is 5.86. The van der Waals surface area contributed by atoms with E-state index in [-0.39, 0.29) is 35.5 Å². The van der Waals surface area contributed by atoms with E-state index in [1.54, 1.807) is 18.9 Å². The normalized spacial score (nSPS) is 18.2. The average molecular weight is 364 g/mol. The van der Waals surface area contributed by atoms with Crippen LogP contribution in [0.1, 0.15) is 39.8 Å². The zero-order valence-electron chi connectivity index (χ0n) is 16.1. The minimum Gasteiger partial charge on any atom is -0.372 e. The summed E-state index contributed by atoms with van der Waals surface area (Å²) in [6, 6.07) is -0.516. The quantitative estimate of drug-likeness (QED) is 0.527. The number of aliphatic imine (C=N–C) groups is 1. The van der Waals surface area contributed by atoms with Crippen molar-refractivity contribution in [2.75, 3.05) is 6.54 Å². The van der Waals surface area contributed by atoms with Crippen LogP contribution < -0.4 is 16.8 Å². The lowest BCUT2D eigenvalue weighted by Crippen LogP contribution is -2.40. The monoisotopic (exact) mass is 364 g/mol. The van der Waals surface area contributed by atoms with Crippen molar-refractivity contribution in [3.05, 3.63) is 18.2 Å². The predicted octanol–water partition coefficient (Wildman–Crippen LogP) is 0.434. The SMILES string of the molecule is CC(C)C(=O)[C@@H](N)Cc1cnc[nH]1.CC(C)C(=O)[C@H](N)CC1CN=CN1. The third kappa shape index (κ3) is 7.45. The van der Waals surface area contributed by atoms with Crippen LogP contribution in [-0.4, -0.2) is 52.5 Å². The Hall–Kier alpha value is -2.06. The topological polar surface area (TPSA) is 139 Å². The second-order valence-corrected chi connectivity index (χ2v) is 7.20. The fourth-order valence-electron chi connectivity index (χ4n) is 2.55. The molecule has 6 N–H and O–H groups in total. The summed E-state index contributed by atoms with van der Waals surface area (Å²) in [5.74, 6) is 0.249. The molecule has 0 fully saturated rings. The fraction of sp³-hybridized carbons (Fsp3) is 0.667. The van der Waals surface area contributed by atoms with Crippen LogP contribution in [0.4, 0.5) is 0 Å². The Morgan fingerprint density at radius 2 is 1.77 bits per heavy atom. The van der Waals surface area contributed by atoms with Gasteiger partial charge in [0, 0.05) is 36.2 Å². The first-order valence-electron chi connectivity index (χ1n) is 9.02. The zero-order chi connectivity index (χ0) is 19.7. The molecule has 1 aliphatic rings. The first-order valence-corrected chi connectivity index (χ1v) is 9.02. The number of imidazole rings is 1. The lowest BCUT2D eigenvalue weighted by atomic mass is 9.97. The van der Waals surface area contributed by atoms with Gasteiger partial charge in [0.2, 0.25) is 0 Å². The van der Waals surface area contributed by atoms with E-state index in [1.807, 2.05) is 27.7 Å². The van der Waals surface area contributed by atoms with Crippen molar-refractivity contribution in [3.8, 4) is 0 Å². The van der Waals surface area contributed by atoms with Gasteiger partial charge in [-0.15, -0.1) is 0 Å². The maximum Gasteiger partial charge on any atom is 0.152 e. The molecule has 0 amide bonds. The number of nitrogens with zero attached hydrogens (tertiary/aromatic N) is 2. The molecule has 2 heterocycles. The molecule has 0 bridgehead atoms. The Morgan fingerprint density at radius 3 is 2.23 bits per heavy atom. The van der Waals surface area contributed by atoms with Crippen molar-refractivity contribution < 1.29 is 9.59 Å². The van der Waals surface area contributed by atoms with Gasteiger partial charge in [0.25, 0.3) is 0 Å². The summed E-state index contributed by atoms with van der Waals surface area (Å²) in [6.07, 6.45) is 6.17. The Kier molecular flexibility index (Phi) is 9.15. The third-order valence-electron chi connectivity index (χ3n) is 4.13. The summed E-state index contributed by atoms with van der Waals surface area (Å²) >= 11 is 0. The number of rotatable bonds is 8. The molecule has 0 radical (unpaired) electrons. The summed E-state index contributed by atoms with van der Waals surface area (Å²) in [7, 11) is 0. The van der Waals surface area contributed by atoms with Crippen LogP contribution in [0.2, 0.25) is 0 Å². The van der Waals surface area contributed by atoms with E-state index in [4.69, 9.17) is 11.5 Å². The molecule has 2 rings (SSSR count). The largest absolute Gasteiger partial charge is 0.372 e. The Labute approximate surface area is 155 Å². The lowest BCUT2D eigenvalue weighted by Gasteiger charge is -2.16. The van der Waals surface area contributed by atoms with Gasteiger partial charge >= 0.3 is 0 Å². The number of nitrogens with two attached hydrogens (primary N) is 2. The van der Waals surface area contributed by atoms with E-state index >= 15 is 0 Å². The zero-order valence-corrected chi connectivity index (χ0v) is 16.1. The van der Waals surface area contributed by atoms with Crippen molar-refractivity contribution in [1.29, 1.82) is 0 Å². The molecule has 8 heteroatoms. The summed E-state index contributed by atoms with van der Waals surface area (Å²) in [6.45, 7) is 8.20. The number of carbonyl (C=O) groups is 2. The number of nitrogens with one attached hydrogen (secondary N) is 2. The number of aromatic nitrogens is 2. The lowest BCUT2D eigenvalue weighted by molar-refractivity contribution is -0.124. The molecule has 1 aromatic heterocycles. The number of H-pyrrole nitrogens is 1. The molecule has 1 aliphatic heterocycles. The molecule has 1 unspecified atom stereocenters. The van der Waals surface area contributed by atoms with Gasteiger partial charge in [0.05, 0.1) is 31.3 Å². The molecule has 0 saturated carbocycles. The highest BCUT2D eigenvalue weighted by Crippen LogP contribution is 2.06. The van der Waals surface area contributed by atoms with Gasteiger partial charge in [0.1, 0.15) is 0 Å². The molecule has 3 atom stereocenters. The highest BCUT2D eigenvalue weighted by atomic mass is 16.1. The standard InChI is InChI=1S/C9H17N3O.C9H15N3O/c2*1-6(2)9(13)8(10)3-7-4-11-5-12-7/h5-8H,3-4,10H2,1-2H3,(H,11,12);4-6,8H,3,10H2,1-2H3,(H,11,12)/t7?,8-;8-/m10/s1. The third-order valence-corrected chi connectivity index (χ3v) is 4.13. The van der Waals surface area contributed by atoms with Gasteiger partial charge in [0.15, 0.2) is 11.6 Å². The minimum absolute atomic E-state index is 0.00192.